The highest BCUT2D eigenvalue weighted by atomic mass is 19.1. The number of carbonyl (C=O) groups is 2. The average molecular weight is 330 g/mol. The summed E-state index contributed by atoms with van der Waals surface area (Å²) >= 11 is 0. The number of amides is 2. The largest absolute Gasteiger partial charge is 0.321 e. The molecule has 2 aromatic rings. The average Bonchev–Trinajstić information content (AvgIpc) is 2.55. The third-order valence-corrected chi connectivity index (χ3v) is 4.08. The Morgan fingerprint density at radius 2 is 1.88 bits per heavy atom. The van der Waals surface area contributed by atoms with Crippen molar-refractivity contribution in [2.24, 2.45) is 0 Å². The number of halogens is 2. The van der Waals surface area contributed by atoms with Crippen LogP contribution in [0.3, 0.4) is 0 Å². The maximum atomic E-state index is 13.6. The number of hydrogen-bond acceptors (Lipinski definition) is 2. The van der Waals surface area contributed by atoms with Crippen LogP contribution in [0.2, 0.25) is 0 Å². The molecule has 0 aromatic heterocycles. The summed E-state index contributed by atoms with van der Waals surface area (Å²) in [5.74, 6) is -2.06. The zero-order chi connectivity index (χ0) is 17.3. The first-order valence-electron chi connectivity index (χ1n) is 7.58. The van der Waals surface area contributed by atoms with Crippen LogP contribution in [0, 0.1) is 11.6 Å². The number of anilines is 2. The molecule has 6 heteroatoms. The van der Waals surface area contributed by atoms with Crippen molar-refractivity contribution in [3.05, 3.63) is 59.2 Å². The number of para-hydroxylation sites is 1. The van der Waals surface area contributed by atoms with Crippen molar-refractivity contribution >= 4 is 23.2 Å². The van der Waals surface area contributed by atoms with Gasteiger partial charge in [0.2, 0.25) is 11.8 Å². The second kappa shape index (κ2) is 6.39. The molecule has 24 heavy (non-hydrogen) atoms. The van der Waals surface area contributed by atoms with Gasteiger partial charge >= 0.3 is 0 Å². The van der Waals surface area contributed by atoms with Crippen molar-refractivity contribution in [1.82, 2.24) is 0 Å². The summed E-state index contributed by atoms with van der Waals surface area (Å²) in [7, 11) is 1.72. The predicted octanol–water partition coefficient (Wildman–Crippen LogP) is 3.06. The fraction of sp³-hybridized carbons (Fsp3) is 0.222. The number of hydrogen-bond donors (Lipinski definition) is 1. The molecule has 0 aliphatic carbocycles. The normalized spacial score (nSPS) is 13.6. The summed E-state index contributed by atoms with van der Waals surface area (Å²) in [5, 5.41) is 2.27. The highest BCUT2D eigenvalue weighted by Gasteiger charge is 2.21. The SMILES string of the molecule is CN1C(=O)CCc2cc(CC(=O)Nc3c(F)cccc3F)ccc21. The molecule has 1 aliphatic heterocycles. The summed E-state index contributed by atoms with van der Waals surface area (Å²) < 4.78 is 27.1. The Balaban J connectivity index is 1.75. The highest BCUT2D eigenvalue weighted by Crippen LogP contribution is 2.28. The van der Waals surface area contributed by atoms with E-state index in [1.165, 1.54) is 6.07 Å². The second-order valence-corrected chi connectivity index (χ2v) is 5.74. The summed E-state index contributed by atoms with van der Waals surface area (Å²) in [6.07, 6.45) is 1.05. The first-order chi connectivity index (χ1) is 11.5. The van der Waals surface area contributed by atoms with Gasteiger partial charge in [-0.2, -0.15) is 0 Å². The standard InChI is InChI=1S/C18H16F2N2O2/c1-22-15-7-5-11(9-12(15)6-8-17(22)24)10-16(23)21-18-13(19)3-2-4-14(18)20/h2-5,7,9H,6,8,10H2,1H3,(H,21,23). The third-order valence-electron chi connectivity index (χ3n) is 4.08. The Bertz CT molecular complexity index is 800. The van der Waals surface area contributed by atoms with Gasteiger partial charge in [0, 0.05) is 19.2 Å². The number of nitrogens with one attached hydrogen (secondary N) is 1. The summed E-state index contributed by atoms with van der Waals surface area (Å²) in [4.78, 5) is 25.3. The van der Waals surface area contributed by atoms with Gasteiger partial charge in [0.05, 0.1) is 6.42 Å². The molecule has 0 fully saturated rings. The van der Waals surface area contributed by atoms with E-state index in [9.17, 15) is 18.4 Å². The van der Waals surface area contributed by atoms with Gasteiger partial charge in [0.15, 0.2) is 0 Å². The molecule has 3 rings (SSSR count). The van der Waals surface area contributed by atoms with Crippen molar-refractivity contribution in [2.45, 2.75) is 19.3 Å². The number of carbonyl (C=O) groups excluding carboxylic acids is 2. The zero-order valence-corrected chi connectivity index (χ0v) is 13.1. The lowest BCUT2D eigenvalue weighted by molar-refractivity contribution is -0.118. The van der Waals surface area contributed by atoms with Crippen molar-refractivity contribution in [3.63, 3.8) is 0 Å². The van der Waals surface area contributed by atoms with Crippen LogP contribution in [0.5, 0.6) is 0 Å². The summed E-state index contributed by atoms with van der Waals surface area (Å²) in [6, 6.07) is 8.80. The molecule has 0 spiro atoms. The van der Waals surface area contributed by atoms with Gasteiger partial charge in [-0.25, -0.2) is 8.78 Å². The van der Waals surface area contributed by atoms with Crippen LogP contribution in [-0.2, 0) is 22.4 Å². The van der Waals surface area contributed by atoms with E-state index in [-0.39, 0.29) is 12.3 Å². The van der Waals surface area contributed by atoms with E-state index in [0.717, 1.165) is 28.9 Å². The maximum absolute atomic E-state index is 13.6. The molecule has 0 bridgehead atoms. The Labute approximate surface area is 138 Å². The Morgan fingerprint density at radius 1 is 1.17 bits per heavy atom. The van der Waals surface area contributed by atoms with E-state index >= 15 is 0 Å². The second-order valence-electron chi connectivity index (χ2n) is 5.74. The minimum atomic E-state index is -0.811. The lowest BCUT2D eigenvalue weighted by Crippen LogP contribution is -2.31. The van der Waals surface area contributed by atoms with Crippen molar-refractivity contribution in [3.8, 4) is 0 Å². The first kappa shape index (κ1) is 16.1. The van der Waals surface area contributed by atoms with E-state index in [2.05, 4.69) is 5.32 Å². The van der Waals surface area contributed by atoms with E-state index in [0.29, 0.717) is 12.8 Å². The molecule has 1 aliphatic rings. The number of aryl methyl sites for hydroxylation is 1. The molecule has 2 aromatic carbocycles. The van der Waals surface area contributed by atoms with Crippen LogP contribution in [0.25, 0.3) is 0 Å². The van der Waals surface area contributed by atoms with Crippen molar-refractivity contribution in [1.29, 1.82) is 0 Å². The van der Waals surface area contributed by atoms with Crippen LogP contribution in [0.1, 0.15) is 17.5 Å². The number of benzene rings is 2. The van der Waals surface area contributed by atoms with Crippen molar-refractivity contribution in [2.75, 3.05) is 17.3 Å². The Kier molecular flexibility index (Phi) is 4.29. The number of fused-ring (bicyclic) bond motifs is 1. The molecule has 1 heterocycles. The monoisotopic (exact) mass is 330 g/mol. The summed E-state index contributed by atoms with van der Waals surface area (Å²) in [5.41, 5.74) is 2.10. The van der Waals surface area contributed by atoms with Gasteiger partial charge in [0.25, 0.3) is 0 Å². The zero-order valence-electron chi connectivity index (χ0n) is 13.1. The molecule has 0 unspecified atom stereocenters. The van der Waals surface area contributed by atoms with Gasteiger partial charge in [0.1, 0.15) is 17.3 Å². The highest BCUT2D eigenvalue weighted by molar-refractivity contribution is 5.96. The molecular formula is C18H16F2N2O2. The molecule has 4 nitrogen and oxygen atoms in total. The van der Waals surface area contributed by atoms with Gasteiger partial charge in [-0.1, -0.05) is 18.2 Å². The van der Waals surface area contributed by atoms with E-state index < -0.39 is 23.2 Å². The van der Waals surface area contributed by atoms with E-state index in [1.54, 1.807) is 24.1 Å². The number of nitrogens with zero attached hydrogens (tertiary/aromatic N) is 1. The van der Waals surface area contributed by atoms with Gasteiger partial charge in [-0.05, 0) is 35.7 Å². The minimum Gasteiger partial charge on any atom is -0.321 e. The smallest absolute Gasteiger partial charge is 0.228 e. The van der Waals surface area contributed by atoms with Gasteiger partial charge < -0.3 is 10.2 Å². The molecular weight excluding hydrogens is 314 g/mol. The molecule has 0 saturated heterocycles. The number of rotatable bonds is 3. The Hall–Kier alpha value is -2.76. The fourth-order valence-corrected chi connectivity index (χ4v) is 2.81. The molecule has 2 amide bonds. The predicted molar refractivity (Wildman–Crippen MR) is 86.9 cm³/mol. The van der Waals surface area contributed by atoms with Crippen LogP contribution in [0.4, 0.5) is 20.2 Å². The van der Waals surface area contributed by atoms with Gasteiger partial charge in [-0.3, -0.25) is 9.59 Å². The molecule has 0 saturated carbocycles. The fourth-order valence-electron chi connectivity index (χ4n) is 2.81. The lowest BCUT2D eigenvalue weighted by Gasteiger charge is -2.26. The lowest BCUT2D eigenvalue weighted by atomic mass is 9.98. The van der Waals surface area contributed by atoms with E-state index in [4.69, 9.17) is 0 Å². The Morgan fingerprint density at radius 3 is 2.58 bits per heavy atom. The molecule has 0 atom stereocenters. The van der Waals surface area contributed by atoms with E-state index in [1.807, 2.05) is 6.07 Å². The van der Waals surface area contributed by atoms with Gasteiger partial charge in [-0.15, -0.1) is 0 Å². The van der Waals surface area contributed by atoms with Crippen LogP contribution < -0.4 is 10.2 Å². The molecule has 0 radical (unpaired) electrons. The van der Waals surface area contributed by atoms with Crippen molar-refractivity contribution < 1.29 is 18.4 Å². The van der Waals surface area contributed by atoms with Crippen LogP contribution in [0.15, 0.2) is 36.4 Å². The van der Waals surface area contributed by atoms with Crippen LogP contribution >= 0.6 is 0 Å². The molecule has 1 N–H and O–H groups in total. The van der Waals surface area contributed by atoms with Crippen LogP contribution in [-0.4, -0.2) is 18.9 Å². The first-order valence-corrected chi connectivity index (χ1v) is 7.58. The topological polar surface area (TPSA) is 49.4 Å². The third kappa shape index (κ3) is 3.13. The minimum absolute atomic E-state index is 0.00127. The summed E-state index contributed by atoms with van der Waals surface area (Å²) in [6.45, 7) is 0. The molecule has 124 valence electrons. The quantitative estimate of drug-likeness (QED) is 0.940. The maximum Gasteiger partial charge on any atom is 0.228 e.